The fraction of sp³-hybridized carbons (Fsp3) is 0.316. The standard InChI is InChI=1S/C19H22N4O2/c1-23-18(21)22-19(25-23)14(10-9-13-5-4-6-15(20)11-13)12-24-17-8-3-2-7-16(17)19/h2-8,11,14H,9-10,12,20H2,1H3,(H2,21,22). The van der Waals surface area contributed by atoms with Crippen LogP contribution >= 0.6 is 0 Å². The number of guanidine groups is 1. The molecular formula is C19H22N4O2. The third-order valence-corrected chi connectivity index (χ3v) is 4.88. The average molecular weight is 338 g/mol. The van der Waals surface area contributed by atoms with Gasteiger partial charge in [-0.15, -0.1) is 0 Å². The van der Waals surface area contributed by atoms with E-state index < -0.39 is 5.72 Å². The van der Waals surface area contributed by atoms with Crippen molar-refractivity contribution in [1.82, 2.24) is 5.06 Å². The third-order valence-electron chi connectivity index (χ3n) is 4.88. The molecule has 0 aliphatic carbocycles. The Kier molecular flexibility index (Phi) is 3.77. The first-order chi connectivity index (χ1) is 12.1. The van der Waals surface area contributed by atoms with Crippen LogP contribution in [0.25, 0.3) is 0 Å². The number of aliphatic imine (C=N–C) groups is 1. The molecule has 2 heterocycles. The fourth-order valence-electron chi connectivity index (χ4n) is 3.57. The van der Waals surface area contributed by atoms with Gasteiger partial charge in [0.2, 0.25) is 11.7 Å². The van der Waals surface area contributed by atoms with Gasteiger partial charge in [-0.1, -0.05) is 30.3 Å². The van der Waals surface area contributed by atoms with Gasteiger partial charge in [0.15, 0.2) is 0 Å². The van der Waals surface area contributed by atoms with Crippen LogP contribution in [0, 0.1) is 5.92 Å². The Morgan fingerprint density at radius 3 is 2.80 bits per heavy atom. The van der Waals surface area contributed by atoms with Crippen LogP contribution in [0.1, 0.15) is 17.5 Å². The molecule has 4 rings (SSSR count). The van der Waals surface area contributed by atoms with E-state index in [1.807, 2.05) is 42.5 Å². The Bertz CT molecular complexity index is 823. The lowest BCUT2D eigenvalue weighted by Gasteiger charge is -2.39. The van der Waals surface area contributed by atoms with Crippen molar-refractivity contribution in [3.8, 4) is 5.75 Å². The van der Waals surface area contributed by atoms with E-state index in [4.69, 9.17) is 26.0 Å². The molecule has 0 fully saturated rings. The van der Waals surface area contributed by atoms with Crippen molar-refractivity contribution in [3.05, 3.63) is 59.7 Å². The summed E-state index contributed by atoms with van der Waals surface area (Å²) < 4.78 is 5.97. The van der Waals surface area contributed by atoms with Crippen molar-refractivity contribution < 1.29 is 9.57 Å². The van der Waals surface area contributed by atoms with Crippen molar-refractivity contribution in [2.75, 3.05) is 19.4 Å². The van der Waals surface area contributed by atoms with Crippen molar-refractivity contribution in [1.29, 1.82) is 0 Å². The van der Waals surface area contributed by atoms with Crippen molar-refractivity contribution in [2.24, 2.45) is 16.6 Å². The zero-order valence-electron chi connectivity index (χ0n) is 14.2. The summed E-state index contributed by atoms with van der Waals surface area (Å²) in [5, 5.41) is 1.54. The maximum absolute atomic E-state index is 6.15. The second-order valence-corrected chi connectivity index (χ2v) is 6.54. The number of aryl methyl sites for hydroxylation is 1. The van der Waals surface area contributed by atoms with Gasteiger partial charge in [0, 0.05) is 12.7 Å². The number of fused-ring (bicyclic) bond motifs is 2. The zero-order chi connectivity index (χ0) is 17.4. The van der Waals surface area contributed by atoms with E-state index >= 15 is 0 Å². The Balaban J connectivity index is 1.65. The van der Waals surface area contributed by atoms with Crippen LogP contribution < -0.4 is 16.2 Å². The largest absolute Gasteiger partial charge is 0.493 e. The highest BCUT2D eigenvalue weighted by Gasteiger charge is 2.51. The highest BCUT2D eigenvalue weighted by Crippen LogP contribution is 2.48. The molecule has 1 spiro atoms. The molecule has 6 heteroatoms. The van der Waals surface area contributed by atoms with Gasteiger partial charge < -0.3 is 16.2 Å². The molecule has 2 unspecified atom stereocenters. The number of rotatable bonds is 3. The quantitative estimate of drug-likeness (QED) is 0.839. The number of nitrogen functional groups attached to an aromatic ring is 1. The molecule has 4 N–H and O–H groups in total. The van der Waals surface area contributed by atoms with Crippen LogP contribution in [0.15, 0.2) is 53.5 Å². The maximum atomic E-state index is 6.15. The van der Waals surface area contributed by atoms with Gasteiger partial charge in [-0.25, -0.2) is 14.9 Å². The molecule has 2 aliphatic heterocycles. The lowest BCUT2D eigenvalue weighted by molar-refractivity contribution is -0.209. The molecule has 130 valence electrons. The fourth-order valence-corrected chi connectivity index (χ4v) is 3.57. The molecular weight excluding hydrogens is 316 g/mol. The number of nitrogens with zero attached hydrogens (tertiary/aromatic N) is 2. The average Bonchev–Trinajstić information content (AvgIpc) is 2.90. The molecule has 0 bridgehead atoms. The summed E-state index contributed by atoms with van der Waals surface area (Å²) in [5.41, 5.74) is 14.0. The molecule has 2 atom stereocenters. The summed E-state index contributed by atoms with van der Waals surface area (Å²) >= 11 is 0. The number of hydrogen-bond donors (Lipinski definition) is 2. The number of hydroxylamine groups is 2. The topological polar surface area (TPSA) is 86.1 Å². The molecule has 2 aliphatic rings. The molecule has 2 aromatic carbocycles. The van der Waals surface area contributed by atoms with Crippen LogP contribution in [0.2, 0.25) is 0 Å². The number of benzene rings is 2. The SMILES string of the molecule is CN1OC2(N=C1N)c1ccccc1OCC2CCc1cccc(N)c1. The van der Waals surface area contributed by atoms with Gasteiger partial charge in [-0.05, 0) is 36.6 Å². The Hall–Kier alpha value is -2.73. The second kappa shape index (κ2) is 5.97. The zero-order valence-corrected chi connectivity index (χ0v) is 14.2. The molecule has 0 saturated heterocycles. The minimum atomic E-state index is -0.825. The smallest absolute Gasteiger partial charge is 0.224 e. The van der Waals surface area contributed by atoms with Crippen LogP contribution in [0.3, 0.4) is 0 Å². The van der Waals surface area contributed by atoms with Gasteiger partial charge >= 0.3 is 0 Å². The molecule has 2 aromatic rings. The lowest BCUT2D eigenvalue weighted by Crippen LogP contribution is -2.43. The van der Waals surface area contributed by atoms with E-state index in [9.17, 15) is 0 Å². The molecule has 0 amide bonds. The van der Waals surface area contributed by atoms with E-state index in [0.29, 0.717) is 12.6 Å². The molecule has 0 radical (unpaired) electrons. The maximum Gasteiger partial charge on any atom is 0.224 e. The number of anilines is 1. The summed E-state index contributed by atoms with van der Waals surface area (Å²) in [4.78, 5) is 10.9. The predicted octanol–water partition coefficient (Wildman–Crippen LogP) is 2.25. The van der Waals surface area contributed by atoms with E-state index in [0.717, 1.165) is 29.8 Å². The summed E-state index contributed by atoms with van der Waals surface area (Å²) in [6.07, 6.45) is 1.72. The molecule has 0 saturated carbocycles. The van der Waals surface area contributed by atoms with Gasteiger partial charge in [-0.2, -0.15) is 0 Å². The normalized spacial score (nSPS) is 24.8. The van der Waals surface area contributed by atoms with Gasteiger partial charge in [-0.3, -0.25) is 0 Å². The van der Waals surface area contributed by atoms with E-state index in [1.165, 1.54) is 10.6 Å². The van der Waals surface area contributed by atoms with E-state index in [-0.39, 0.29) is 5.92 Å². The minimum absolute atomic E-state index is 0.0485. The molecule has 0 aromatic heterocycles. The predicted molar refractivity (Wildman–Crippen MR) is 96.8 cm³/mol. The first-order valence-corrected chi connectivity index (χ1v) is 8.43. The van der Waals surface area contributed by atoms with Crippen molar-refractivity contribution in [2.45, 2.75) is 18.6 Å². The first-order valence-electron chi connectivity index (χ1n) is 8.43. The Labute approximate surface area is 147 Å². The molecule has 6 nitrogen and oxygen atoms in total. The van der Waals surface area contributed by atoms with Crippen LogP contribution in [0.4, 0.5) is 5.69 Å². The van der Waals surface area contributed by atoms with Crippen LogP contribution in [-0.4, -0.2) is 24.7 Å². The highest BCUT2D eigenvalue weighted by atomic mass is 16.7. The summed E-state index contributed by atoms with van der Waals surface area (Å²) in [7, 11) is 1.78. The number of nitrogens with two attached hydrogens (primary N) is 2. The third kappa shape index (κ3) is 2.68. The van der Waals surface area contributed by atoms with Crippen LogP contribution in [0.5, 0.6) is 5.75 Å². The first kappa shape index (κ1) is 15.8. The van der Waals surface area contributed by atoms with Gasteiger partial charge in [0.25, 0.3) is 0 Å². The van der Waals surface area contributed by atoms with E-state index in [2.05, 4.69) is 6.07 Å². The lowest BCUT2D eigenvalue weighted by atomic mass is 9.83. The van der Waals surface area contributed by atoms with Gasteiger partial charge in [0.1, 0.15) is 5.75 Å². The van der Waals surface area contributed by atoms with Gasteiger partial charge in [0.05, 0.1) is 18.1 Å². The second-order valence-electron chi connectivity index (χ2n) is 6.54. The minimum Gasteiger partial charge on any atom is -0.493 e. The summed E-state index contributed by atoms with van der Waals surface area (Å²) in [6, 6.07) is 15.8. The number of ether oxygens (including phenoxy) is 1. The monoisotopic (exact) mass is 338 g/mol. The van der Waals surface area contributed by atoms with Crippen molar-refractivity contribution >= 4 is 11.6 Å². The molecule has 25 heavy (non-hydrogen) atoms. The Morgan fingerprint density at radius 2 is 2.04 bits per heavy atom. The number of para-hydroxylation sites is 1. The number of hydrogen-bond acceptors (Lipinski definition) is 6. The summed E-state index contributed by atoms with van der Waals surface area (Å²) in [6.45, 7) is 0.532. The highest BCUT2D eigenvalue weighted by molar-refractivity contribution is 5.78. The van der Waals surface area contributed by atoms with Crippen LogP contribution in [-0.2, 0) is 17.0 Å². The summed E-state index contributed by atoms with van der Waals surface area (Å²) in [5.74, 6) is 1.23. The van der Waals surface area contributed by atoms with Crippen molar-refractivity contribution in [3.63, 3.8) is 0 Å². The Morgan fingerprint density at radius 1 is 1.20 bits per heavy atom. The van der Waals surface area contributed by atoms with E-state index in [1.54, 1.807) is 7.05 Å².